The van der Waals surface area contributed by atoms with Crippen molar-refractivity contribution in [1.82, 2.24) is 9.62 Å². The molecule has 0 unspecified atom stereocenters. The maximum Gasteiger partial charge on any atom is 0.241 e. The second-order valence-electron chi connectivity index (χ2n) is 4.28. The highest BCUT2D eigenvalue weighted by Crippen LogP contribution is 2.08. The Balaban J connectivity index is 2.49. The van der Waals surface area contributed by atoms with E-state index in [9.17, 15) is 13.2 Å². The summed E-state index contributed by atoms with van der Waals surface area (Å²) in [5, 5.41) is 2.52. The van der Waals surface area contributed by atoms with Gasteiger partial charge in [-0.05, 0) is 5.56 Å². The van der Waals surface area contributed by atoms with Crippen molar-refractivity contribution in [2.75, 3.05) is 26.4 Å². The SMILES string of the molecule is CN(C)S(=O)(=O)CCNC(=O)[C@H](N)c1ccccc1. The Hall–Kier alpha value is -1.44. The molecular formula is C12H19N3O3S. The number of amides is 1. The number of hydrogen-bond donors (Lipinski definition) is 2. The summed E-state index contributed by atoms with van der Waals surface area (Å²) in [4.78, 5) is 11.8. The molecule has 1 amide bonds. The van der Waals surface area contributed by atoms with Crippen LogP contribution < -0.4 is 11.1 Å². The van der Waals surface area contributed by atoms with Crippen molar-refractivity contribution in [1.29, 1.82) is 0 Å². The predicted molar refractivity (Wildman–Crippen MR) is 73.9 cm³/mol. The smallest absolute Gasteiger partial charge is 0.241 e. The standard InChI is InChI=1S/C12H19N3O3S/c1-15(2)19(17,18)9-8-14-12(16)11(13)10-6-4-3-5-7-10/h3-7,11H,8-9,13H2,1-2H3,(H,14,16)/t11-/m1/s1. The van der Waals surface area contributed by atoms with Crippen molar-refractivity contribution in [3.8, 4) is 0 Å². The lowest BCUT2D eigenvalue weighted by molar-refractivity contribution is -0.122. The molecule has 0 aliphatic carbocycles. The van der Waals surface area contributed by atoms with Crippen LogP contribution in [0.25, 0.3) is 0 Å². The van der Waals surface area contributed by atoms with Crippen LogP contribution >= 0.6 is 0 Å². The van der Waals surface area contributed by atoms with Crippen LogP contribution in [0.2, 0.25) is 0 Å². The molecule has 0 bridgehead atoms. The first-order valence-electron chi connectivity index (χ1n) is 5.83. The third-order valence-corrected chi connectivity index (χ3v) is 4.49. The minimum atomic E-state index is -3.31. The average Bonchev–Trinajstić information content (AvgIpc) is 2.38. The summed E-state index contributed by atoms with van der Waals surface area (Å²) >= 11 is 0. The zero-order valence-electron chi connectivity index (χ0n) is 11.0. The largest absolute Gasteiger partial charge is 0.353 e. The first-order chi connectivity index (χ1) is 8.84. The van der Waals surface area contributed by atoms with Crippen LogP contribution in [-0.2, 0) is 14.8 Å². The van der Waals surface area contributed by atoms with Gasteiger partial charge < -0.3 is 11.1 Å². The van der Waals surface area contributed by atoms with Crippen molar-refractivity contribution < 1.29 is 13.2 Å². The van der Waals surface area contributed by atoms with Crippen LogP contribution in [0.1, 0.15) is 11.6 Å². The Labute approximate surface area is 113 Å². The van der Waals surface area contributed by atoms with Crippen molar-refractivity contribution in [3.05, 3.63) is 35.9 Å². The van der Waals surface area contributed by atoms with E-state index in [0.29, 0.717) is 5.56 Å². The second-order valence-corrected chi connectivity index (χ2v) is 6.58. The van der Waals surface area contributed by atoms with Gasteiger partial charge in [0.15, 0.2) is 0 Å². The number of hydrogen-bond acceptors (Lipinski definition) is 4. The molecular weight excluding hydrogens is 266 g/mol. The molecule has 0 fully saturated rings. The predicted octanol–water partition coefficient (Wildman–Crippen LogP) is -0.306. The highest BCUT2D eigenvalue weighted by molar-refractivity contribution is 7.89. The summed E-state index contributed by atoms with van der Waals surface area (Å²) in [6, 6.07) is 8.13. The Kier molecular flexibility index (Phi) is 5.46. The van der Waals surface area contributed by atoms with E-state index in [-0.39, 0.29) is 18.2 Å². The van der Waals surface area contributed by atoms with Gasteiger partial charge in [-0.25, -0.2) is 12.7 Å². The number of nitrogens with zero attached hydrogens (tertiary/aromatic N) is 1. The van der Waals surface area contributed by atoms with E-state index in [1.807, 2.05) is 6.07 Å². The van der Waals surface area contributed by atoms with Gasteiger partial charge in [0, 0.05) is 20.6 Å². The fraction of sp³-hybridized carbons (Fsp3) is 0.417. The number of nitrogens with one attached hydrogen (secondary N) is 1. The zero-order valence-corrected chi connectivity index (χ0v) is 11.9. The summed E-state index contributed by atoms with van der Waals surface area (Å²) in [6.07, 6.45) is 0. The van der Waals surface area contributed by atoms with Crippen LogP contribution in [-0.4, -0.2) is 45.0 Å². The van der Waals surface area contributed by atoms with Gasteiger partial charge in [0.1, 0.15) is 6.04 Å². The van der Waals surface area contributed by atoms with E-state index >= 15 is 0 Å². The molecule has 1 atom stereocenters. The number of nitrogens with two attached hydrogens (primary N) is 1. The zero-order chi connectivity index (χ0) is 14.5. The van der Waals surface area contributed by atoms with E-state index in [2.05, 4.69) is 5.32 Å². The molecule has 0 heterocycles. The van der Waals surface area contributed by atoms with Crippen molar-refractivity contribution in [3.63, 3.8) is 0 Å². The van der Waals surface area contributed by atoms with E-state index in [4.69, 9.17) is 5.73 Å². The maximum absolute atomic E-state index is 11.8. The van der Waals surface area contributed by atoms with Gasteiger partial charge in [-0.3, -0.25) is 4.79 Å². The monoisotopic (exact) mass is 285 g/mol. The fourth-order valence-corrected chi connectivity index (χ4v) is 2.13. The Morgan fingerprint density at radius 1 is 1.32 bits per heavy atom. The third-order valence-electron chi connectivity index (χ3n) is 2.66. The molecule has 0 spiro atoms. The molecule has 0 saturated heterocycles. The molecule has 106 valence electrons. The highest BCUT2D eigenvalue weighted by atomic mass is 32.2. The van der Waals surface area contributed by atoms with Gasteiger partial charge in [0.2, 0.25) is 15.9 Å². The molecule has 0 aromatic heterocycles. The van der Waals surface area contributed by atoms with Gasteiger partial charge in [-0.15, -0.1) is 0 Å². The van der Waals surface area contributed by atoms with E-state index in [1.165, 1.54) is 14.1 Å². The highest BCUT2D eigenvalue weighted by Gasteiger charge is 2.17. The Morgan fingerprint density at radius 3 is 2.42 bits per heavy atom. The Bertz CT molecular complexity index is 514. The summed E-state index contributed by atoms with van der Waals surface area (Å²) in [6.45, 7) is 0.0415. The number of carbonyl (C=O) groups is 1. The molecule has 1 rings (SSSR count). The normalized spacial score (nSPS) is 13.3. The minimum absolute atomic E-state index is 0.0415. The van der Waals surface area contributed by atoms with Gasteiger partial charge >= 0.3 is 0 Å². The van der Waals surface area contributed by atoms with Crippen molar-refractivity contribution in [2.45, 2.75) is 6.04 Å². The number of benzene rings is 1. The quantitative estimate of drug-likeness (QED) is 0.750. The number of rotatable bonds is 6. The summed E-state index contributed by atoms with van der Waals surface area (Å²) in [7, 11) is -0.404. The maximum atomic E-state index is 11.8. The first-order valence-corrected chi connectivity index (χ1v) is 7.44. The molecule has 1 aromatic carbocycles. The van der Waals surface area contributed by atoms with Gasteiger partial charge in [0.25, 0.3) is 0 Å². The second kappa shape index (κ2) is 6.65. The molecule has 1 aromatic rings. The van der Waals surface area contributed by atoms with E-state index in [1.54, 1.807) is 24.3 Å². The molecule has 19 heavy (non-hydrogen) atoms. The van der Waals surface area contributed by atoms with Gasteiger partial charge in [-0.1, -0.05) is 30.3 Å². The van der Waals surface area contributed by atoms with Crippen LogP contribution in [0, 0.1) is 0 Å². The average molecular weight is 285 g/mol. The van der Waals surface area contributed by atoms with E-state index < -0.39 is 16.1 Å². The third kappa shape index (κ3) is 4.62. The first kappa shape index (κ1) is 15.6. The summed E-state index contributed by atoms with van der Waals surface area (Å²) in [5.74, 6) is -0.534. The molecule has 3 N–H and O–H groups in total. The molecule has 0 saturated carbocycles. The molecule has 7 heteroatoms. The minimum Gasteiger partial charge on any atom is -0.353 e. The van der Waals surface area contributed by atoms with E-state index in [0.717, 1.165) is 4.31 Å². The molecule has 0 aliphatic heterocycles. The number of sulfonamides is 1. The van der Waals surface area contributed by atoms with Crippen LogP contribution in [0.4, 0.5) is 0 Å². The topological polar surface area (TPSA) is 92.5 Å². The van der Waals surface area contributed by atoms with Crippen LogP contribution in [0.3, 0.4) is 0 Å². The van der Waals surface area contributed by atoms with Crippen molar-refractivity contribution in [2.24, 2.45) is 5.73 Å². The summed E-state index contributed by atoms with van der Waals surface area (Å²) < 4.78 is 24.1. The van der Waals surface area contributed by atoms with Gasteiger partial charge in [-0.2, -0.15) is 0 Å². The molecule has 6 nitrogen and oxygen atoms in total. The summed E-state index contributed by atoms with van der Waals surface area (Å²) in [5.41, 5.74) is 6.47. The fourth-order valence-electron chi connectivity index (χ4n) is 1.41. The Morgan fingerprint density at radius 2 is 1.89 bits per heavy atom. The van der Waals surface area contributed by atoms with Crippen molar-refractivity contribution >= 4 is 15.9 Å². The van der Waals surface area contributed by atoms with Crippen LogP contribution in [0.15, 0.2) is 30.3 Å². The molecule has 0 aliphatic rings. The lowest BCUT2D eigenvalue weighted by Crippen LogP contribution is -2.38. The van der Waals surface area contributed by atoms with Crippen LogP contribution in [0.5, 0.6) is 0 Å². The lowest BCUT2D eigenvalue weighted by Gasteiger charge is -2.14. The van der Waals surface area contributed by atoms with Gasteiger partial charge in [0.05, 0.1) is 5.75 Å². The molecule has 0 radical (unpaired) electrons. The lowest BCUT2D eigenvalue weighted by atomic mass is 10.1. The number of carbonyl (C=O) groups excluding carboxylic acids is 1.